The number of phenolic OH excluding ortho intramolecular Hbond substituents is 1. The number of fused-ring (bicyclic) bond motifs is 1. The second-order valence-electron chi connectivity index (χ2n) is 8.34. The van der Waals surface area contributed by atoms with E-state index in [1.165, 1.54) is 6.07 Å². The Morgan fingerprint density at radius 1 is 1.19 bits per heavy atom. The summed E-state index contributed by atoms with van der Waals surface area (Å²) in [5, 5.41) is 21.1. The third kappa shape index (κ3) is 4.26. The molecule has 162 valence electrons. The highest BCUT2D eigenvalue weighted by atomic mass is 19.1. The van der Waals surface area contributed by atoms with Gasteiger partial charge < -0.3 is 14.9 Å². The average Bonchev–Trinajstić information content (AvgIpc) is 2.74. The lowest BCUT2D eigenvalue weighted by Gasteiger charge is -2.27. The van der Waals surface area contributed by atoms with E-state index >= 15 is 0 Å². The lowest BCUT2D eigenvalue weighted by Crippen LogP contribution is -2.18. The quantitative estimate of drug-likeness (QED) is 0.564. The molecule has 5 nitrogen and oxygen atoms in total. The number of carbonyl (C=O) groups is 1. The lowest BCUT2D eigenvalue weighted by molar-refractivity contribution is -0.137. The van der Waals surface area contributed by atoms with Gasteiger partial charge in [-0.3, -0.25) is 9.78 Å². The van der Waals surface area contributed by atoms with Gasteiger partial charge in [-0.2, -0.15) is 0 Å². The summed E-state index contributed by atoms with van der Waals surface area (Å²) >= 11 is 0. The molecule has 0 aliphatic carbocycles. The predicted octanol–water partition coefficient (Wildman–Crippen LogP) is 5.53. The van der Waals surface area contributed by atoms with Gasteiger partial charge in [-0.15, -0.1) is 0 Å². The maximum absolute atomic E-state index is 14.0. The summed E-state index contributed by atoms with van der Waals surface area (Å²) in [5.74, 6) is -1.24. The summed E-state index contributed by atoms with van der Waals surface area (Å²) in [6.45, 7) is 4.86. The number of pyridine rings is 1. The standard InChI is InChI=1S/C25H26FNO4/c1-14-11-17(3-6-21(14)26)23-19-5-4-18(28)13-20(19)24(15(2)12-22(29)30)27-25(23)16-7-9-31-10-8-16/h3-6,11,13,15-16,28H,7-10,12H2,1-2H3,(H,29,30). The van der Waals surface area contributed by atoms with E-state index in [2.05, 4.69) is 0 Å². The molecule has 1 aliphatic heterocycles. The maximum atomic E-state index is 14.0. The molecule has 1 fully saturated rings. The SMILES string of the molecule is Cc1cc(-c2c(C3CCOCC3)nc(C(C)CC(=O)O)c3cc(O)ccc23)ccc1F. The molecule has 1 atom stereocenters. The highest BCUT2D eigenvalue weighted by Gasteiger charge is 2.26. The second-order valence-corrected chi connectivity index (χ2v) is 8.34. The van der Waals surface area contributed by atoms with Crippen molar-refractivity contribution in [3.63, 3.8) is 0 Å². The number of aliphatic carboxylic acids is 1. The van der Waals surface area contributed by atoms with Crippen LogP contribution in [0.4, 0.5) is 4.39 Å². The smallest absolute Gasteiger partial charge is 0.304 e. The lowest BCUT2D eigenvalue weighted by atomic mass is 9.85. The van der Waals surface area contributed by atoms with E-state index in [-0.39, 0.29) is 29.8 Å². The van der Waals surface area contributed by atoms with Crippen LogP contribution in [0.5, 0.6) is 5.75 Å². The van der Waals surface area contributed by atoms with Crippen molar-refractivity contribution in [2.75, 3.05) is 13.2 Å². The van der Waals surface area contributed by atoms with Gasteiger partial charge in [0.2, 0.25) is 0 Å². The van der Waals surface area contributed by atoms with Crippen LogP contribution >= 0.6 is 0 Å². The van der Waals surface area contributed by atoms with Crippen LogP contribution in [0.25, 0.3) is 21.9 Å². The first-order chi connectivity index (χ1) is 14.8. The summed E-state index contributed by atoms with van der Waals surface area (Å²) in [5.41, 5.74) is 3.88. The Morgan fingerprint density at radius 3 is 2.61 bits per heavy atom. The van der Waals surface area contributed by atoms with E-state index < -0.39 is 5.97 Å². The molecule has 1 aromatic heterocycles. The second kappa shape index (κ2) is 8.63. The number of carboxylic acids is 1. The largest absolute Gasteiger partial charge is 0.508 e. The van der Waals surface area contributed by atoms with Gasteiger partial charge in [0.25, 0.3) is 0 Å². The normalized spacial score (nSPS) is 15.8. The number of phenols is 1. The minimum absolute atomic E-state index is 0.0556. The van der Waals surface area contributed by atoms with Crippen LogP contribution in [0.3, 0.4) is 0 Å². The summed E-state index contributed by atoms with van der Waals surface area (Å²) in [6, 6.07) is 10.2. The first-order valence-corrected chi connectivity index (χ1v) is 10.6. The Labute approximate surface area is 180 Å². The van der Waals surface area contributed by atoms with Crippen molar-refractivity contribution in [3.8, 4) is 16.9 Å². The van der Waals surface area contributed by atoms with Gasteiger partial charge in [0.15, 0.2) is 0 Å². The Hall–Kier alpha value is -2.99. The fourth-order valence-electron chi connectivity index (χ4n) is 4.45. The zero-order chi connectivity index (χ0) is 22.1. The third-order valence-corrected chi connectivity index (χ3v) is 6.05. The molecule has 0 spiro atoms. The minimum atomic E-state index is -0.895. The zero-order valence-electron chi connectivity index (χ0n) is 17.7. The Balaban J connectivity index is 2.03. The average molecular weight is 423 g/mol. The van der Waals surface area contributed by atoms with Crippen molar-refractivity contribution in [3.05, 3.63) is 59.2 Å². The highest BCUT2D eigenvalue weighted by Crippen LogP contribution is 2.42. The predicted molar refractivity (Wildman–Crippen MR) is 117 cm³/mol. The van der Waals surface area contributed by atoms with Crippen molar-refractivity contribution in [1.29, 1.82) is 0 Å². The van der Waals surface area contributed by atoms with Crippen LogP contribution < -0.4 is 0 Å². The summed E-state index contributed by atoms with van der Waals surface area (Å²) in [7, 11) is 0. The van der Waals surface area contributed by atoms with Crippen molar-refractivity contribution in [1.82, 2.24) is 4.98 Å². The van der Waals surface area contributed by atoms with Gasteiger partial charge in [0.05, 0.1) is 17.8 Å². The Bertz CT molecular complexity index is 1140. The first-order valence-electron chi connectivity index (χ1n) is 10.6. The Morgan fingerprint density at radius 2 is 1.94 bits per heavy atom. The van der Waals surface area contributed by atoms with Crippen molar-refractivity contribution >= 4 is 16.7 Å². The zero-order valence-corrected chi connectivity index (χ0v) is 17.7. The molecule has 2 heterocycles. The molecule has 0 saturated carbocycles. The molecular weight excluding hydrogens is 397 g/mol. The third-order valence-electron chi connectivity index (χ3n) is 6.05. The van der Waals surface area contributed by atoms with Gasteiger partial charge in [-0.25, -0.2) is 4.39 Å². The molecule has 0 bridgehead atoms. The highest BCUT2D eigenvalue weighted by molar-refractivity contribution is 6.00. The van der Waals surface area contributed by atoms with E-state index in [0.29, 0.717) is 24.5 Å². The summed E-state index contributed by atoms with van der Waals surface area (Å²) in [4.78, 5) is 16.4. The van der Waals surface area contributed by atoms with Crippen molar-refractivity contribution in [2.45, 2.75) is 44.9 Å². The van der Waals surface area contributed by atoms with Crippen molar-refractivity contribution in [2.24, 2.45) is 0 Å². The van der Waals surface area contributed by atoms with E-state index in [1.54, 1.807) is 25.1 Å². The molecule has 0 radical (unpaired) electrons. The number of aryl methyl sites for hydroxylation is 1. The van der Waals surface area contributed by atoms with Crippen LogP contribution in [0.1, 0.15) is 55.0 Å². The van der Waals surface area contributed by atoms with E-state index in [4.69, 9.17) is 9.72 Å². The van der Waals surface area contributed by atoms with E-state index in [9.17, 15) is 19.4 Å². The van der Waals surface area contributed by atoms with Gasteiger partial charge in [-0.05, 0) is 66.6 Å². The number of benzene rings is 2. The molecule has 3 aromatic rings. The van der Waals surface area contributed by atoms with Crippen LogP contribution in [0.15, 0.2) is 36.4 Å². The molecule has 1 unspecified atom stereocenters. The molecular formula is C25H26FNO4. The summed E-state index contributed by atoms with van der Waals surface area (Å²) < 4.78 is 19.6. The number of hydrogen-bond donors (Lipinski definition) is 2. The van der Waals surface area contributed by atoms with Gasteiger partial charge in [0.1, 0.15) is 11.6 Å². The number of nitrogens with zero attached hydrogens (tertiary/aromatic N) is 1. The molecule has 2 aromatic carbocycles. The number of ether oxygens (including phenoxy) is 1. The van der Waals surface area contributed by atoms with E-state index in [0.717, 1.165) is 40.4 Å². The molecule has 4 rings (SSSR count). The number of aromatic hydroxyl groups is 1. The minimum Gasteiger partial charge on any atom is -0.508 e. The van der Waals surface area contributed by atoms with Crippen LogP contribution in [-0.2, 0) is 9.53 Å². The molecule has 2 N–H and O–H groups in total. The first kappa shape index (κ1) is 21.2. The van der Waals surface area contributed by atoms with Crippen LogP contribution in [-0.4, -0.2) is 34.4 Å². The summed E-state index contributed by atoms with van der Waals surface area (Å²) in [6.07, 6.45) is 1.58. The van der Waals surface area contributed by atoms with E-state index in [1.807, 2.05) is 19.1 Å². The van der Waals surface area contributed by atoms with Gasteiger partial charge >= 0.3 is 5.97 Å². The number of aromatic nitrogens is 1. The van der Waals surface area contributed by atoms with Crippen LogP contribution in [0, 0.1) is 12.7 Å². The molecule has 1 aliphatic rings. The molecule has 31 heavy (non-hydrogen) atoms. The maximum Gasteiger partial charge on any atom is 0.304 e. The monoisotopic (exact) mass is 423 g/mol. The van der Waals surface area contributed by atoms with Crippen molar-refractivity contribution < 1.29 is 24.1 Å². The number of hydrogen-bond acceptors (Lipinski definition) is 4. The Kier molecular flexibility index (Phi) is 5.92. The number of rotatable bonds is 5. The topological polar surface area (TPSA) is 79.7 Å². The van der Waals surface area contributed by atoms with Gasteiger partial charge in [-0.1, -0.05) is 13.0 Å². The fourth-order valence-corrected chi connectivity index (χ4v) is 4.45. The van der Waals surface area contributed by atoms with Gasteiger partial charge in [0, 0.05) is 36.0 Å². The molecule has 1 saturated heterocycles. The fraction of sp³-hybridized carbons (Fsp3) is 0.360. The van der Waals surface area contributed by atoms with Crippen LogP contribution in [0.2, 0.25) is 0 Å². The number of carboxylic acid groups (broad SMARTS) is 1. The molecule has 0 amide bonds. The molecule has 6 heteroatoms. The number of halogens is 1.